The lowest BCUT2D eigenvalue weighted by atomic mass is 10.1. The maximum Gasteiger partial charge on any atom is 0.387 e. The van der Waals surface area contributed by atoms with Gasteiger partial charge in [-0.15, -0.1) is 0 Å². The quantitative estimate of drug-likeness (QED) is 0.580. The second-order valence-electron chi connectivity index (χ2n) is 2.70. The number of nitrogens with two attached hydrogens (primary N) is 1. The molecule has 0 aliphatic heterocycles. The van der Waals surface area contributed by atoms with Crippen molar-refractivity contribution in [3.8, 4) is 5.75 Å². The molecular weight excluding hydrogens is 190 g/mol. The summed E-state index contributed by atoms with van der Waals surface area (Å²) in [6, 6.07) is 4.86. The Morgan fingerprint density at radius 2 is 2.21 bits per heavy atom. The summed E-state index contributed by atoms with van der Waals surface area (Å²) in [6.45, 7) is -0.947. The first-order chi connectivity index (χ1) is 6.67. The van der Waals surface area contributed by atoms with Gasteiger partial charge in [-0.25, -0.2) is 0 Å². The van der Waals surface area contributed by atoms with Crippen molar-refractivity contribution in [2.24, 2.45) is 5.84 Å². The van der Waals surface area contributed by atoms with Gasteiger partial charge >= 0.3 is 6.61 Å². The van der Waals surface area contributed by atoms with Crippen LogP contribution in [-0.2, 0) is 6.42 Å². The number of aryl methyl sites for hydroxylation is 1. The highest BCUT2D eigenvalue weighted by Crippen LogP contribution is 2.24. The SMILES string of the molecule is CCc1ccc(NN)cc1OC(F)F. The van der Waals surface area contributed by atoms with E-state index in [1.54, 1.807) is 12.1 Å². The summed E-state index contributed by atoms with van der Waals surface area (Å²) in [4.78, 5) is 0. The number of benzene rings is 1. The van der Waals surface area contributed by atoms with E-state index < -0.39 is 6.61 Å². The van der Waals surface area contributed by atoms with Crippen molar-refractivity contribution in [3.05, 3.63) is 23.8 Å². The van der Waals surface area contributed by atoms with Crippen molar-refractivity contribution in [3.63, 3.8) is 0 Å². The Kier molecular flexibility index (Phi) is 3.64. The Hall–Kier alpha value is -1.36. The Morgan fingerprint density at radius 1 is 1.50 bits per heavy atom. The summed E-state index contributed by atoms with van der Waals surface area (Å²) in [6.07, 6.45) is 0.632. The molecule has 0 bridgehead atoms. The number of anilines is 1. The average Bonchev–Trinajstić information content (AvgIpc) is 2.16. The molecule has 0 radical (unpaired) electrons. The van der Waals surface area contributed by atoms with Gasteiger partial charge in [0.05, 0.1) is 5.69 Å². The van der Waals surface area contributed by atoms with Gasteiger partial charge in [0, 0.05) is 6.07 Å². The van der Waals surface area contributed by atoms with Gasteiger partial charge in [0.25, 0.3) is 0 Å². The number of alkyl halides is 2. The number of nitrogens with one attached hydrogen (secondary N) is 1. The molecule has 0 saturated carbocycles. The lowest BCUT2D eigenvalue weighted by Crippen LogP contribution is -2.09. The first kappa shape index (κ1) is 10.7. The van der Waals surface area contributed by atoms with Crippen LogP contribution in [0.15, 0.2) is 18.2 Å². The van der Waals surface area contributed by atoms with Gasteiger partial charge in [-0.05, 0) is 18.1 Å². The lowest BCUT2D eigenvalue weighted by molar-refractivity contribution is -0.0503. The van der Waals surface area contributed by atoms with E-state index in [2.05, 4.69) is 10.2 Å². The molecule has 0 fully saturated rings. The summed E-state index contributed by atoms with van der Waals surface area (Å²) in [5, 5.41) is 0. The van der Waals surface area contributed by atoms with E-state index in [4.69, 9.17) is 5.84 Å². The minimum absolute atomic E-state index is 0.165. The van der Waals surface area contributed by atoms with Gasteiger partial charge in [0.2, 0.25) is 0 Å². The highest BCUT2D eigenvalue weighted by Gasteiger charge is 2.08. The largest absolute Gasteiger partial charge is 0.434 e. The highest BCUT2D eigenvalue weighted by molar-refractivity contribution is 5.51. The standard InChI is InChI=1S/C9H12F2N2O/c1-2-6-3-4-7(13-12)5-8(6)14-9(10)11/h3-5,9,13H,2,12H2,1H3. The normalized spacial score (nSPS) is 10.4. The van der Waals surface area contributed by atoms with E-state index in [1.165, 1.54) is 6.07 Å². The predicted molar refractivity (Wildman–Crippen MR) is 50.3 cm³/mol. The third-order valence-corrected chi connectivity index (χ3v) is 1.83. The molecule has 0 spiro atoms. The number of ether oxygens (including phenoxy) is 1. The smallest absolute Gasteiger partial charge is 0.387 e. The van der Waals surface area contributed by atoms with Crippen LogP contribution in [-0.4, -0.2) is 6.61 Å². The molecule has 0 heterocycles. The summed E-state index contributed by atoms with van der Waals surface area (Å²) >= 11 is 0. The Balaban J connectivity index is 2.96. The topological polar surface area (TPSA) is 47.3 Å². The van der Waals surface area contributed by atoms with Gasteiger partial charge in [-0.1, -0.05) is 13.0 Å². The Labute approximate surface area is 80.8 Å². The molecule has 0 amide bonds. The fourth-order valence-corrected chi connectivity index (χ4v) is 1.14. The third kappa shape index (κ3) is 2.56. The van der Waals surface area contributed by atoms with Gasteiger partial charge in [-0.2, -0.15) is 8.78 Å². The Morgan fingerprint density at radius 3 is 2.71 bits per heavy atom. The van der Waals surface area contributed by atoms with Crippen LogP contribution in [0.1, 0.15) is 12.5 Å². The van der Waals surface area contributed by atoms with Crippen LogP contribution in [0.4, 0.5) is 14.5 Å². The van der Waals surface area contributed by atoms with Gasteiger partial charge in [0.15, 0.2) is 0 Å². The van der Waals surface area contributed by atoms with Crippen LogP contribution in [0, 0.1) is 0 Å². The van der Waals surface area contributed by atoms with Gasteiger partial charge in [-0.3, -0.25) is 5.84 Å². The predicted octanol–water partition coefficient (Wildman–Crippen LogP) is 2.14. The van der Waals surface area contributed by atoms with Crippen molar-refractivity contribution in [2.45, 2.75) is 20.0 Å². The van der Waals surface area contributed by atoms with Gasteiger partial charge < -0.3 is 10.2 Å². The third-order valence-electron chi connectivity index (χ3n) is 1.83. The van der Waals surface area contributed by atoms with Crippen molar-refractivity contribution >= 4 is 5.69 Å². The van der Waals surface area contributed by atoms with Crippen molar-refractivity contribution in [1.82, 2.24) is 0 Å². The first-order valence-corrected chi connectivity index (χ1v) is 4.21. The zero-order valence-electron chi connectivity index (χ0n) is 7.76. The number of rotatable bonds is 4. The second-order valence-corrected chi connectivity index (χ2v) is 2.70. The maximum absolute atomic E-state index is 12.0. The molecule has 5 heteroatoms. The molecule has 1 rings (SSSR count). The average molecular weight is 202 g/mol. The first-order valence-electron chi connectivity index (χ1n) is 4.21. The van der Waals surface area contributed by atoms with Crippen molar-refractivity contribution in [2.75, 3.05) is 5.43 Å². The molecular formula is C9H12F2N2O. The highest BCUT2D eigenvalue weighted by atomic mass is 19.3. The number of hydrazine groups is 1. The van der Waals surface area contributed by atoms with Crippen LogP contribution in [0.5, 0.6) is 5.75 Å². The van der Waals surface area contributed by atoms with Crippen molar-refractivity contribution in [1.29, 1.82) is 0 Å². The minimum atomic E-state index is -2.81. The molecule has 0 aromatic heterocycles. The van der Waals surface area contributed by atoms with Crippen LogP contribution >= 0.6 is 0 Å². The number of nitrogen functional groups attached to an aromatic ring is 1. The fraction of sp³-hybridized carbons (Fsp3) is 0.333. The van der Waals surface area contributed by atoms with E-state index in [0.717, 1.165) is 5.56 Å². The molecule has 78 valence electrons. The molecule has 0 atom stereocenters. The number of hydrogen-bond acceptors (Lipinski definition) is 3. The maximum atomic E-state index is 12.0. The molecule has 0 aliphatic carbocycles. The Bertz CT molecular complexity index is 305. The van der Waals surface area contributed by atoms with E-state index in [0.29, 0.717) is 12.1 Å². The van der Waals surface area contributed by atoms with Gasteiger partial charge in [0.1, 0.15) is 5.75 Å². The number of halogens is 2. The zero-order valence-corrected chi connectivity index (χ0v) is 7.76. The summed E-state index contributed by atoms with van der Waals surface area (Å²) in [7, 11) is 0. The van der Waals surface area contributed by atoms with Crippen molar-refractivity contribution < 1.29 is 13.5 Å². The molecule has 1 aromatic rings. The molecule has 3 nitrogen and oxygen atoms in total. The van der Waals surface area contributed by atoms with Crippen LogP contribution < -0.4 is 16.0 Å². The molecule has 0 saturated heterocycles. The van der Waals surface area contributed by atoms with E-state index in [1.807, 2.05) is 6.92 Å². The summed E-state index contributed by atoms with van der Waals surface area (Å²) in [5.74, 6) is 5.31. The number of hydrogen-bond donors (Lipinski definition) is 2. The van der Waals surface area contributed by atoms with Crippen LogP contribution in [0.3, 0.4) is 0 Å². The van der Waals surface area contributed by atoms with E-state index in [-0.39, 0.29) is 5.75 Å². The zero-order chi connectivity index (χ0) is 10.6. The lowest BCUT2D eigenvalue weighted by Gasteiger charge is -2.10. The van der Waals surface area contributed by atoms with E-state index in [9.17, 15) is 8.78 Å². The minimum Gasteiger partial charge on any atom is -0.434 e. The molecule has 0 unspecified atom stereocenters. The monoisotopic (exact) mass is 202 g/mol. The molecule has 1 aromatic carbocycles. The second kappa shape index (κ2) is 4.76. The van der Waals surface area contributed by atoms with Crippen LogP contribution in [0.2, 0.25) is 0 Å². The fourth-order valence-electron chi connectivity index (χ4n) is 1.14. The summed E-state index contributed by atoms with van der Waals surface area (Å²) in [5.41, 5.74) is 3.63. The van der Waals surface area contributed by atoms with E-state index >= 15 is 0 Å². The summed E-state index contributed by atoms with van der Waals surface area (Å²) < 4.78 is 28.3. The molecule has 0 aliphatic rings. The molecule has 14 heavy (non-hydrogen) atoms. The molecule has 3 N–H and O–H groups in total. The van der Waals surface area contributed by atoms with Crippen LogP contribution in [0.25, 0.3) is 0 Å².